The summed E-state index contributed by atoms with van der Waals surface area (Å²) in [6.45, 7) is 9.11. The van der Waals surface area contributed by atoms with Gasteiger partial charge in [0.05, 0.1) is 16.6 Å². The van der Waals surface area contributed by atoms with Gasteiger partial charge in [0.25, 0.3) is 6.71 Å². The van der Waals surface area contributed by atoms with E-state index in [4.69, 9.17) is 0 Å². The molecule has 326 valence electrons. The Morgan fingerprint density at radius 3 is 1.68 bits per heavy atom. The van der Waals surface area contributed by atoms with Gasteiger partial charge >= 0.3 is 0 Å². The second-order valence-electron chi connectivity index (χ2n) is 22.0. The van der Waals surface area contributed by atoms with Crippen molar-refractivity contribution < 1.29 is 0 Å². The number of hydrogen-bond acceptors (Lipinski definition) is 0. The van der Waals surface area contributed by atoms with Crippen LogP contribution in [0.3, 0.4) is 0 Å². The van der Waals surface area contributed by atoms with E-state index in [1.807, 2.05) is 0 Å². The van der Waals surface area contributed by atoms with Gasteiger partial charge in [0, 0.05) is 44.1 Å². The van der Waals surface area contributed by atoms with Gasteiger partial charge in [-0.25, -0.2) is 0 Å². The first-order valence-electron chi connectivity index (χ1n) is 25.8. The van der Waals surface area contributed by atoms with Crippen molar-refractivity contribution in [3.8, 4) is 44.9 Å². The van der Waals surface area contributed by atoms with E-state index in [9.17, 15) is 0 Å². The molecule has 0 atom stereocenters. The average molecular weight is 873 g/mol. The highest BCUT2D eigenvalue weighted by Gasteiger charge is 2.55. The summed E-state index contributed by atoms with van der Waals surface area (Å²) in [6, 6.07) is 56.7. The van der Waals surface area contributed by atoms with Crippen molar-refractivity contribution in [1.29, 1.82) is 0 Å². The Kier molecular flexibility index (Phi) is 7.43. The van der Waals surface area contributed by atoms with Crippen LogP contribution >= 0.6 is 0 Å². The number of nitrogens with zero attached hydrogens (tertiary/aromatic N) is 2. The zero-order chi connectivity index (χ0) is 44.9. The molecule has 2 fully saturated rings. The molecule has 0 saturated heterocycles. The molecule has 1 spiro atoms. The zero-order valence-corrected chi connectivity index (χ0v) is 39.6. The summed E-state index contributed by atoms with van der Waals surface area (Å²) < 4.78 is 5.56. The van der Waals surface area contributed by atoms with Crippen LogP contribution in [-0.4, -0.2) is 15.8 Å². The van der Waals surface area contributed by atoms with E-state index in [-0.39, 0.29) is 6.71 Å². The van der Waals surface area contributed by atoms with Crippen LogP contribution in [0.5, 0.6) is 0 Å². The highest BCUT2D eigenvalue weighted by molar-refractivity contribution is 7.00. The highest BCUT2D eigenvalue weighted by Crippen LogP contribution is 2.63. The Morgan fingerprint density at radius 1 is 0.456 bits per heavy atom. The monoisotopic (exact) mass is 872 g/mol. The summed E-state index contributed by atoms with van der Waals surface area (Å²) in [4.78, 5) is 0. The van der Waals surface area contributed by atoms with E-state index in [1.165, 1.54) is 190 Å². The van der Waals surface area contributed by atoms with Crippen LogP contribution in [0.2, 0.25) is 0 Å². The lowest BCUT2D eigenvalue weighted by molar-refractivity contribution is 0.709. The molecule has 2 aromatic heterocycles. The molecular formula is C65H53BN2. The number of fused-ring (bicyclic) bond motifs is 11. The van der Waals surface area contributed by atoms with E-state index in [1.54, 1.807) is 11.1 Å². The van der Waals surface area contributed by atoms with Gasteiger partial charge < -0.3 is 9.13 Å². The predicted molar refractivity (Wildman–Crippen MR) is 285 cm³/mol. The largest absolute Gasteiger partial charge is 0.310 e. The van der Waals surface area contributed by atoms with Crippen molar-refractivity contribution in [2.45, 2.75) is 96.3 Å². The molecule has 0 unspecified atom stereocenters. The van der Waals surface area contributed by atoms with Gasteiger partial charge in [0.1, 0.15) is 0 Å². The first-order chi connectivity index (χ1) is 33.4. The van der Waals surface area contributed by atoms with Gasteiger partial charge in [-0.15, -0.1) is 0 Å². The number of hydrogen-bond donors (Lipinski definition) is 0. The number of benzene rings is 8. The molecule has 10 aromatic rings. The zero-order valence-electron chi connectivity index (χ0n) is 39.6. The van der Waals surface area contributed by atoms with Crippen molar-refractivity contribution in [3.63, 3.8) is 0 Å². The summed E-state index contributed by atoms with van der Waals surface area (Å²) in [7, 11) is 0. The fraction of sp³-hybridized carbons (Fsp3) is 0.231. The standard InChI is InChI=1S/C65H53BN2/c1-36-16-22-42(23-17-36)58-48-14-9-15-55-62(48)67(60(58)43-24-18-37(2)19-25-43)57-29-28-51-64-59(57)66(55)56-35-45(41-12-7-8-13-41)33-50-49-32-44(40-10-5-6-11-40)34-54(61(49)68(64)63(50)56)65(51)52-30-38(3)20-26-46(52)47-27-21-39(4)31-53(47)65/h9,14-35,40-41H,5-8,10-13H2,1-4H3. The third-order valence-corrected chi connectivity index (χ3v) is 18.2. The fourth-order valence-corrected chi connectivity index (χ4v) is 15.3. The molecule has 0 bridgehead atoms. The lowest BCUT2D eigenvalue weighted by atomic mass is 9.33. The van der Waals surface area contributed by atoms with Gasteiger partial charge in [-0.2, -0.15) is 0 Å². The molecule has 68 heavy (non-hydrogen) atoms. The molecule has 3 heteroatoms. The van der Waals surface area contributed by atoms with Gasteiger partial charge in [0.2, 0.25) is 0 Å². The lowest BCUT2D eigenvalue weighted by Crippen LogP contribution is -2.60. The van der Waals surface area contributed by atoms with E-state index in [0.29, 0.717) is 11.8 Å². The highest BCUT2D eigenvalue weighted by atomic mass is 15.1. The van der Waals surface area contributed by atoms with Crippen LogP contribution in [0.4, 0.5) is 0 Å². The smallest absolute Gasteiger partial charge is 0.252 e. The molecular weight excluding hydrogens is 820 g/mol. The summed E-state index contributed by atoms with van der Waals surface area (Å²) in [5, 5.41) is 4.28. The van der Waals surface area contributed by atoms with Crippen molar-refractivity contribution in [1.82, 2.24) is 9.13 Å². The minimum Gasteiger partial charge on any atom is -0.310 e. The predicted octanol–water partition coefficient (Wildman–Crippen LogP) is 14.4. The van der Waals surface area contributed by atoms with E-state index in [2.05, 4.69) is 176 Å². The Labute approximate surface area is 399 Å². The normalized spacial score (nSPS) is 16.9. The Balaban J connectivity index is 1.14. The maximum atomic E-state index is 2.84. The van der Waals surface area contributed by atoms with Crippen molar-refractivity contribution in [2.24, 2.45) is 0 Å². The molecule has 16 rings (SSSR count). The molecule has 2 saturated carbocycles. The number of aryl methyl sites for hydroxylation is 4. The van der Waals surface area contributed by atoms with Gasteiger partial charge in [0.15, 0.2) is 0 Å². The maximum Gasteiger partial charge on any atom is 0.252 e. The molecule has 0 radical (unpaired) electrons. The minimum atomic E-state index is -0.490. The van der Waals surface area contributed by atoms with Gasteiger partial charge in [-0.3, -0.25) is 0 Å². The molecule has 5 heterocycles. The van der Waals surface area contributed by atoms with Gasteiger partial charge in [-0.1, -0.05) is 169 Å². The SMILES string of the molecule is Cc1ccc(-c2c(-c3ccc(C)cc3)n3c4c(cccc24)B2c4c-3ccc3c4-n4c5c2cc(C2CCCC2)cc5c2cc(C5CCCC5)cc(c24)C32c3cc(C)ccc3-c3ccc(C)cc32)cc1. The molecule has 3 aliphatic carbocycles. The number of para-hydroxylation sites is 1. The van der Waals surface area contributed by atoms with E-state index in [0.717, 1.165) is 0 Å². The van der Waals surface area contributed by atoms with Crippen LogP contribution in [0.25, 0.3) is 77.6 Å². The molecule has 8 aromatic carbocycles. The van der Waals surface area contributed by atoms with Crippen molar-refractivity contribution in [2.75, 3.05) is 0 Å². The average Bonchev–Trinajstić information content (AvgIpc) is 4.22. The van der Waals surface area contributed by atoms with Crippen LogP contribution in [0.1, 0.15) is 119 Å². The Bertz CT molecular complexity index is 3850. The van der Waals surface area contributed by atoms with Crippen LogP contribution in [0.15, 0.2) is 140 Å². The van der Waals surface area contributed by atoms with E-state index >= 15 is 0 Å². The molecule has 0 amide bonds. The fourth-order valence-electron chi connectivity index (χ4n) is 15.3. The third kappa shape index (κ3) is 4.62. The first-order valence-corrected chi connectivity index (χ1v) is 25.8. The Hall–Kier alpha value is -6.84. The molecule has 0 N–H and O–H groups in total. The van der Waals surface area contributed by atoms with Crippen LogP contribution < -0.4 is 16.4 Å². The molecule has 2 nitrogen and oxygen atoms in total. The molecule has 3 aliphatic heterocycles. The van der Waals surface area contributed by atoms with Crippen molar-refractivity contribution in [3.05, 3.63) is 195 Å². The van der Waals surface area contributed by atoms with Crippen LogP contribution in [0, 0.1) is 27.7 Å². The second-order valence-corrected chi connectivity index (χ2v) is 22.0. The summed E-state index contributed by atoms with van der Waals surface area (Å²) in [5.74, 6) is 1.18. The third-order valence-electron chi connectivity index (χ3n) is 18.2. The summed E-state index contributed by atoms with van der Waals surface area (Å²) in [6.07, 6.45) is 10.4. The lowest BCUT2D eigenvalue weighted by Gasteiger charge is -2.44. The summed E-state index contributed by atoms with van der Waals surface area (Å²) >= 11 is 0. The topological polar surface area (TPSA) is 9.86 Å². The maximum absolute atomic E-state index is 2.84. The summed E-state index contributed by atoms with van der Waals surface area (Å²) in [5.41, 5.74) is 33.0. The molecule has 6 aliphatic rings. The van der Waals surface area contributed by atoms with Gasteiger partial charge in [-0.05, 0) is 155 Å². The number of rotatable bonds is 4. The van der Waals surface area contributed by atoms with E-state index < -0.39 is 5.41 Å². The second kappa shape index (κ2) is 13.2. The minimum absolute atomic E-state index is 0.0757. The van der Waals surface area contributed by atoms with Crippen LogP contribution in [-0.2, 0) is 5.41 Å². The Morgan fingerprint density at radius 2 is 1.03 bits per heavy atom. The van der Waals surface area contributed by atoms with Crippen molar-refractivity contribution >= 4 is 55.8 Å². The quantitative estimate of drug-likeness (QED) is 0.156. The number of aromatic nitrogens is 2. The first kappa shape index (κ1) is 38.2.